The van der Waals surface area contributed by atoms with Crippen molar-refractivity contribution >= 4 is 27.3 Å². The zero-order chi connectivity index (χ0) is 24.4. The largest absolute Gasteiger partial charge is 0.365 e. The smallest absolute Gasteiger partial charge is 0.312 e. The van der Waals surface area contributed by atoms with Gasteiger partial charge in [0.15, 0.2) is 11.5 Å². The van der Waals surface area contributed by atoms with E-state index in [1.54, 1.807) is 48.5 Å². The molecule has 0 bridgehead atoms. The lowest BCUT2D eigenvalue weighted by molar-refractivity contribution is -0.113. The SMILES string of the molecule is CCCCCCC(=O)/C(=N\OC(=O)c1ccccc1)c1ccc(S(=O)(=O)c2ccccc2)cc1. The maximum Gasteiger partial charge on any atom is 0.365 e. The Hall–Kier alpha value is -3.58. The Morgan fingerprint density at radius 1 is 0.735 bits per heavy atom. The van der Waals surface area contributed by atoms with Crippen LogP contribution in [0.1, 0.15) is 54.9 Å². The van der Waals surface area contributed by atoms with Gasteiger partial charge in [-0.1, -0.05) is 79.9 Å². The number of carbonyl (C=O) groups is 2. The molecule has 0 N–H and O–H groups in total. The van der Waals surface area contributed by atoms with E-state index in [1.807, 2.05) is 0 Å². The molecule has 3 rings (SSSR count). The number of nitrogens with zero attached hydrogens (tertiary/aromatic N) is 1. The molecule has 0 aliphatic heterocycles. The van der Waals surface area contributed by atoms with Crippen LogP contribution >= 0.6 is 0 Å². The van der Waals surface area contributed by atoms with E-state index in [0.29, 0.717) is 17.5 Å². The van der Waals surface area contributed by atoms with Gasteiger partial charge in [-0.2, -0.15) is 0 Å². The van der Waals surface area contributed by atoms with Gasteiger partial charge in [0.2, 0.25) is 9.84 Å². The minimum Gasteiger partial charge on any atom is -0.312 e. The van der Waals surface area contributed by atoms with E-state index < -0.39 is 15.8 Å². The third-order valence-electron chi connectivity index (χ3n) is 5.24. The Bertz CT molecular complexity index is 1240. The molecule has 3 aromatic rings. The fraction of sp³-hybridized carbons (Fsp3) is 0.222. The average Bonchev–Trinajstić information content (AvgIpc) is 2.88. The molecule has 0 heterocycles. The van der Waals surface area contributed by atoms with Crippen LogP contribution in [0.2, 0.25) is 0 Å². The van der Waals surface area contributed by atoms with Gasteiger partial charge in [0.05, 0.1) is 15.4 Å². The minimum atomic E-state index is -3.69. The van der Waals surface area contributed by atoms with Gasteiger partial charge in [0, 0.05) is 12.0 Å². The molecule has 0 aromatic heterocycles. The molecule has 0 amide bonds. The van der Waals surface area contributed by atoms with Gasteiger partial charge in [-0.15, -0.1) is 0 Å². The van der Waals surface area contributed by atoms with Crippen molar-refractivity contribution in [3.05, 3.63) is 96.1 Å². The van der Waals surface area contributed by atoms with E-state index in [-0.39, 0.29) is 27.7 Å². The van der Waals surface area contributed by atoms with E-state index in [9.17, 15) is 18.0 Å². The molecule has 0 saturated heterocycles. The summed E-state index contributed by atoms with van der Waals surface area (Å²) in [6, 6.07) is 22.3. The summed E-state index contributed by atoms with van der Waals surface area (Å²) in [4.78, 5) is 30.6. The molecule has 7 heteroatoms. The summed E-state index contributed by atoms with van der Waals surface area (Å²) in [5.41, 5.74) is 0.683. The molecule has 0 fully saturated rings. The Kier molecular flexibility index (Phi) is 8.87. The van der Waals surface area contributed by atoms with Crippen molar-refractivity contribution in [2.45, 2.75) is 48.8 Å². The quantitative estimate of drug-likeness (QED) is 0.155. The zero-order valence-electron chi connectivity index (χ0n) is 19.0. The minimum absolute atomic E-state index is 0.00978. The van der Waals surface area contributed by atoms with Crippen molar-refractivity contribution < 1.29 is 22.8 Å². The molecule has 176 valence electrons. The van der Waals surface area contributed by atoms with Crippen LogP contribution in [-0.2, 0) is 19.5 Å². The third kappa shape index (κ3) is 6.48. The van der Waals surface area contributed by atoms with E-state index in [2.05, 4.69) is 12.1 Å². The van der Waals surface area contributed by atoms with Crippen molar-refractivity contribution in [3.8, 4) is 0 Å². The van der Waals surface area contributed by atoms with E-state index in [4.69, 9.17) is 4.84 Å². The lowest BCUT2D eigenvalue weighted by Crippen LogP contribution is -2.17. The van der Waals surface area contributed by atoms with Crippen LogP contribution in [0.3, 0.4) is 0 Å². The van der Waals surface area contributed by atoms with Crippen LogP contribution in [-0.4, -0.2) is 25.9 Å². The van der Waals surface area contributed by atoms with Gasteiger partial charge in [-0.05, 0) is 42.8 Å². The molecular formula is C27H27NO5S. The van der Waals surface area contributed by atoms with Crippen molar-refractivity contribution in [2.75, 3.05) is 0 Å². The molecule has 0 spiro atoms. The van der Waals surface area contributed by atoms with Crippen LogP contribution in [0.25, 0.3) is 0 Å². The maximum atomic E-state index is 12.9. The number of Topliss-reactive ketones (excluding diaryl/α,β-unsaturated/α-hetero) is 1. The van der Waals surface area contributed by atoms with Gasteiger partial charge < -0.3 is 4.84 Å². The Labute approximate surface area is 200 Å². The van der Waals surface area contributed by atoms with Crippen LogP contribution in [0.15, 0.2) is 99.9 Å². The number of carbonyl (C=O) groups excluding carboxylic acids is 2. The molecule has 0 aliphatic carbocycles. The number of hydrogen-bond donors (Lipinski definition) is 0. The van der Waals surface area contributed by atoms with E-state index >= 15 is 0 Å². The number of rotatable bonds is 11. The van der Waals surface area contributed by atoms with Gasteiger partial charge in [-0.25, -0.2) is 13.2 Å². The van der Waals surface area contributed by atoms with Crippen molar-refractivity contribution in [1.82, 2.24) is 0 Å². The Morgan fingerprint density at radius 2 is 1.32 bits per heavy atom. The molecule has 3 aromatic carbocycles. The molecule has 0 aliphatic rings. The maximum absolute atomic E-state index is 12.9. The highest BCUT2D eigenvalue weighted by Crippen LogP contribution is 2.21. The van der Waals surface area contributed by atoms with Crippen LogP contribution in [0.5, 0.6) is 0 Å². The first-order valence-corrected chi connectivity index (χ1v) is 12.7. The monoisotopic (exact) mass is 477 g/mol. The highest BCUT2D eigenvalue weighted by molar-refractivity contribution is 7.91. The summed E-state index contributed by atoms with van der Waals surface area (Å²) >= 11 is 0. The number of benzene rings is 3. The number of ketones is 1. The second kappa shape index (κ2) is 12.0. The zero-order valence-corrected chi connectivity index (χ0v) is 19.8. The molecule has 0 atom stereocenters. The lowest BCUT2D eigenvalue weighted by atomic mass is 10.0. The number of hydrogen-bond acceptors (Lipinski definition) is 6. The summed E-state index contributed by atoms with van der Waals surface area (Å²) in [7, 11) is -3.69. The normalized spacial score (nSPS) is 11.7. The second-order valence-corrected chi connectivity index (χ2v) is 9.71. The Balaban J connectivity index is 1.86. The van der Waals surface area contributed by atoms with Crippen LogP contribution < -0.4 is 0 Å². The predicted molar refractivity (Wildman–Crippen MR) is 130 cm³/mol. The summed E-state index contributed by atoms with van der Waals surface area (Å²) in [5, 5.41) is 3.89. The first-order valence-electron chi connectivity index (χ1n) is 11.2. The van der Waals surface area contributed by atoms with Gasteiger partial charge >= 0.3 is 5.97 Å². The molecule has 0 radical (unpaired) electrons. The van der Waals surface area contributed by atoms with Gasteiger partial charge in [0.1, 0.15) is 0 Å². The van der Waals surface area contributed by atoms with E-state index in [0.717, 1.165) is 19.3 Å². The summed E-state index contributed by atoms with van der Waals surface area (Å²) in [5.74, 6) is -0.948. The predicted octanol–water partition coefficient (Wildman–Crippen LogP) is 5.62. The fourth-order valence-electron chi connectivity index (χ4n) is 3.34. The van der Waals surface area contributed by atoms with Crippen LogP contribution in [0, 0.1) is 0 Å². The average molecular weight is 478 g/mol. The summed E-state index contributed by atoms with van der Waals surface area (Å²) in [6.45, 7) is 2.09. The molecular weight excluding hydrogens is 450 g/mol. The molecule has 6 nitrogen and oxygen atoms in total. The molecule has 0 unspecified atom stereocenters. The lowest BCUT2D eigenvalue weighted by Gasteiger charge is -2.08. The fourth-order valence-corrected chi connectivity index (χ4v) is 4.62. The van der Waals surface area contributed by atoms with Crippen molar-refractivity contribution in [1.29, 1.82) is 0 Å². The van der Waals surface area contributed by atoms with Crippen LogP contribution in [0.4, 0.5) is 0 Å². The first kappa shape index (κ1) is 25.1. The summed E-state index contributed by atoms with van der Waals surface area (Å²) in [6.07, 6.45) is 3.92. The number of sulfone groups is 1. The van der Waals surface area contributed by atoms with E-state index in [1.165, 1.54) is 36.4 Å². The van der Waals surface area contributed by atoms with Gasteiger partial charge in [0.25, 0.3) is 0 Å². The topological polar surface area (TPSA) is 89.9 Å². The third-order valence-corrected chi connectivity index (χ3v) is 7.03. The molecule has 34 heavy (non-hydrogen) atoms. The van der Waals surface area contributed by atoms with Gasteiger partial charge in [-0.3, -0.25) is 4.79 Å². The number of oxime groups is 1. The van der Waals surface area contributed by atoms with Crippen molar-refractivity contribution in [3.63, 3.8) is 0 Å². The highest BCUT2D eigenvalue weighted by atomic mass is 32.2. The standard InChI is InChI=1S/C27H27NO5S/c1-2-3-4-11-16-25(29)26(28-33-27(30)22-12-7-5-8-13-22)21-17-19-24(20-18-21)34(31,32)23-14-9-6-10-15-23/h5-10,12-15,17-20H,2-4,11,16H2,1H3/b28-26-. The first-order chi connectivity index (χ1) is 16.4. The summed E-state index contributed by atoms with van der Waals surface area (Å²) < 4.78 is 25.7. The van der Waals surface area contributed by atoms with Crippen molar-refractivity contribution in [2.24, 2.45) is 5.16 Å². The highest BCUT2D eigenvalue weighted by Gasteiger charge is 2.20. The Morgan fingerprint density at radius 3 is 1.94 bits per heavy atom. The number of unbranched alkanes of at least 4 members (excludes halogenated alkanes) is 3. The molecule has 0 saturated carbocycles. The second-order valence-electron chi connectivity index (χ2n) is 7.76.